The third-order valence-corrected chi connectivity index (χ3v) is 2.38. The molecule has 0 aliphatic heterocycles. The molecule has 1 heterocycles. The Bertz CT molecular complexity index is 543. The van der Waals surface area contributed by atoms with Gasteiger partial charge in [0.1, 0.15) is 0 Å². The number of aliphatic hydroxyl groups is 1. The SMILES string of the molecule is CC.COc1cnc2c(B(O)O)cc(CO)cc2n1. The molecule has 3 N–H and O–H groups in total. The van der Waals surface area contributed by atoms with Gasteiger partial charge in [0.25, 0.3) is 0 Å². The van der Waals surface area contributed by atoms with E-state index < -0.39 is 7.12 Å². The Kier molecular flexibility index (Phi) is 5.69. The van der Waals surface area contributed by atoms with E-state index in [1.54, 1.807) is 6.07 Å². The molecule has 0 radical (unpaired) electrons. The van der Waals surface area contributed by atoms with Crippen LogP contribution in [0.2, 0.25) is 0 Å². The Balaban J connectivity index is 0.000000861. The molecule has 0 fully saturated rings. The molecular formula is C12H17BN2O4. The normalized spacial score (nSPS) is 9.79. The average molecular weight is 264 g/mol. The van der Waals surface area contributed by atoms with E-state index in [0.29, 0.717) is 22.5 Å². The maximum atomic E-state index is 9.24. The standard InChI is InChI=1S/C10H11BN2O4.C2H6/c1-17-9-4-12-10-7(11(15)16)2-6(5-14)3-8(10)13-9;1-2/h2-4,14-16H,5H2,1H3;1-2H3. The highest BCUT2D eigenvalue weighted by Crippen LogP contribution is 2.14. The van der Waals surface area contributed by atoms with Gasteiger partial charge in [0, 0.05) is 5.46 Å². The molecule has 0 saturated carbocycles. The van der Waals surface area contributed by atoms with Crippen LogP contribution in [0.3, 0.4) is 0 Å². The molecule has 0 bridgehead atoms. The van der Waals surface area contributed by atoms with Crippen LogP contribution in [-0.4, -0.2) is 39.4 Å². The van der Waals surface area contributed by atoms with E-state index >= 15 is 0 Å². The van der Waals surface area contributed by atoms with Gasteiger partial charge in [0.15, 0.2) is 0 Å². The summed E-state index contributed by atoms with van der Waals surface area (Å²) in [6, 6.07) is 3.10. The Hall–Kier alpha value is -1.70. The van der Waals surface area contributed by atoms with E-state index in [0.717, 1.165) is 0 Å². The second kappa shape index (κ2) is 7.03. The molecule has 0 saturated heterocycles. The summed E-state index contributed by atoms with van der Waals surface area (Å²) in [6.07, 6.45) is 1.40. The number of nitrogens with zero attached hydrogens (tertiary/aromatic N) is 2. The van der Waals surface area contributed by atoms with Crippen molar-refractivity contribution in [2.75, 3.05) is 7.11 Å². The summed E-state index contributed by atoms with van der Waals surface area (Å²) < 4.78 is 4.94. The minimum absolute atomic E-state index is 0.210. The lowest BCUT2D eigenvalue weighted by Crippen LogP contribution is -2.31. The van der Waals surface area contributed by atoms with Gasteiger partial charge in [-0.2, -0.15) is 0 Å². The molecule has 6 nitrogen and oxygen atoms in total. The van der Waals surface area contributed by atoms with Gasteiger partial charge in [-0.25, -0.2) is 9.97 Å². The predicted octanol–water partition coefficient (Wildman–Crippen LogP) is -0.163. The first-order chi connectivity index (χ1) is 9.15. The van der Waals surface area contributed by atoms with Crippen molar-refractivity contribution in [1.82, 2.24) is 9.97 Å². The Morgan fingerprint density at radius 3 is 2.47 bits per heavy atom. The van der Waals surface area contributed by atoms with Crippen LogP contribution in [0.5, 0.6) is 5.88 Å². The van der Waals surface area contributed by atoms with Crippen LogP contribution in [-0.2, 0) is 6.61 Å². The van der Waals surface area contributed by atoms with Crippen LogP contribution in [0, 0.1) is 0 Å². The average Bonchev–Trinajstić information content (AvgIpc) is 2.47. The van der Waals surface area contributed by atoms with Crippen molar-refractivity contribution in [2.24, 2.45) is 0 Å². The van der Waals surface area contributed by atoms with Gasteiger partial charge in [-0.05, 0) is 11.6 Å². The summed E-state index contributed by atoms with van der Waals surface area (Å²) in [5, 5.41) is 27.6. The second-order valence-corrected chi connectivity index (χ2v) is 3.50. The highest BCUT2D eigenvalue weighted by Gasteiger charge is 2.18. The third-order valence-electron chi connectivity index (χ3n) is 2.38. The molecule has 0 aliphatic rings. The highest BCUT2D eigenvalue weighted by atomic mass is 16.5. The lowest BCUT2D eigenvalue weighted by atomic mass is 9.78. The molecule has 1 aromatic carbocycles. The Morgan fingerprint density at radius 2 is 1.95 bits per heavy atom. The van der Waals surface area contributed by atoms with Gasteiger partial charge in [-0.1, -0.05) is 19.9 Å². The first-order valence-corrected chi connectivity index (χ1v) is 5.96. The summed E-state index contributed by atoms with van der Waals surface area (Å²) in [7, 11) is -0.195. The van der Waals surface area contributed by atoms with E-state index in [9.17, 15) is 10.0 Å². The van der Waals surface area contributed by atoms with Gasteiger partial charge in [-0.3, -0.25) is 0 Å². The lowest BCUT2D eigenvalue weighted by molar-refractivity contribution is 0.282. The fraction of sp³-hybridized carbons (Fsp3) is 0.333. The highest BCUT2D eigenvalue weighted by molar-refractivity contribution is 6.61. The van der Waals surface area contributed by atoms with E-state index in [1.165, 1.54) is 19.4 Å². The third kappa shape index (κ3) is 3.40. The number of hydrogen-bond donors (Lipinski definition) is 3. The maximum absolute atomic E-state index is 9.24. The predicted molar refractivity (Wildman–Crippen MR) is 73.2 cm³/mol. The molecule has 102 valence electrons. The number of aliphatic hydroxyl groups excluding tert-OH is 1. The number of fused-ring (bicyclic) bond motifs is 1. The van der Waals surface area contributed by atoms with Crippen molar-refractivity contribution in [2.45, 2.75) is 20.5 Å². The summed E-state index contributed by atoms with van der Waals surface area (Å²) in [5.41, 5.74) is 1.56. The molecule has 0 unspecified atom stereocenters. The second-order valence-electron chi connectivity index (χ2n) is 3.50. The minimum Gasteiger partial charge on any atom is -0.480 e. The maximum Gasteiger partial charge on any atom is 0.490 e. The zero-order valence-electron chi connectivity index (χ0n) is 11.2. The van der Waals surface area contributed by atoms with Crippen LogP contribution >= 0.6 is 0 Å². The van der Waals surface area contributed by atoms with Crippen molar-refractivity contribution in [3.8, 4) is 5.88 Å². The molecule has 0 atom stereocenters. The van der Waals surface area contributed by atoms with E-state index in [1.807, 2.05) is 13.8 Å². The van der Waals surface area contributed by atoms with Gasteiger partial charge in [0.2, 0.25) is 5.88 Å². The number of hydrogen-bond acceptors (Lipinski definition) is 6. The van der Waals surface area contributed by atoms with Crippen molar-refractivity contribution in [3.05, 3.63) is 23.9 Å². The largest absolute Gasteiger partial charge is 0.490 e. The van der Waals surface area contributed by atoms with Crippen molar-refractivity contribution >= 4 is 23.6 Å². The molecule has 7 heteroatoms. The van der Waals surface area contributed by atoms with Gasteiger partial charge >= 0.3 is 7.12 Å². The van der Waals surface area contributed by atoms with Gasteiger partial charge < -0.3 is 19.9 Å². The quantitative estimate of drug-likeness (QED) is 0.666. The van der Waals surface area contributed by atoms with E-state index in [2.05, 4.69) is 9.97 Å². The number of methoxy groups -OCH3 is 1. The molecule has 2 aromatic rings. The topological polar surface area (TPSA) is 95.7 Å². The number of benzene rings is 1. The fourth-order valence-corrected chi connectivity index (χ4v) is 1.58. The number of rotatable bonds is 3. The molecule has 0 amide bonds. The molecule has 1 aromatic heterocycles. The van der Waals surface area contributed by atoms with Crippen LogP contribution in [0.4, 0.5) is 0 Å². The molecule has 2 rings (SSSR count). The zero-order chi connectivity index (χ0) is 14.4. The van der Waals surface area contributed by atoms with Crippen LogP contribution in [0.1, 0.15) is 19.4 Å². The van der Waals surface area contributed by atoms with Crippen LogP contribution in [0.15, 0.2) is 18.3 Å². The number of ether oxygens (including phenoxy) is 1. The Labute approximate surface area is 111 Å². The molecule has 19 heavy (non-hydrogen) atoms. The van der Waals surface area contributed by atoms with Gasteiger partial charge in [-0.15, -0.1) is 0 Å². The molecule has 0 aliphatic carbocycles. The number of aromatic nitrogens is 2. The summed E-state index contributed by atoms with van der Waals surface area (Å²) in [5.74, 6) is 0.325. The smallest absolute Gasteiger partial charge is 0.480 e. The van der Waals surface area contributed by atoms with E-state index in [-0.39, 0.29) is 12.1 Å². The summed E-state index contributed by atoms with van der Waals surface area (Å²) >= 11 is 0. The van der Waals surface area contributed by atoms with Crippen molar-refractivity contribution in [1.29, 1.82) is 0 Å². The van der Waals surface area contributed by atoms with Crippen LogP contribution in [0.25, 0.3) is 11.0 Å². The Morgan fingerprint density at radius 1 is 1.26 bits per heavy atom. The lowest BCUT2D eigenvalue weighted by Gasteiger charge is -2.08. The van der Waals surface area contributed by atoms with E-state index in [4.69, 9.17) is 9.84 Å². The van der Waals surface area contributed by atoms with Crippen LogP contribution < -0.4 is 10.2 Å². The van der Waals surface area contributed by atoms with Gasteiger partial charge in [0.05, 0.1) is 30.9 Å². The molecule has 0 spiro atoms. The van der Waals surface area contributed by atoms with Crippen molar-refractivity contribution < 1.29 is 19.9 Å². The monoisotopic (exact) mass is 264 g/mol. The summed E-state index contributed by atoms with van der Waals surface area (Å²) in [6.45, 7) is 3.79. The minimum atomic E-state index is -1.66. The fourth-order valence-electron chi connectivity index (χ4n) is 1.58. The first kappa shape index (κ1) is 15.4. The first-order valence-electron chi connectivity index (χ1n) is 5.96. The van der Waals surface area contributed by atoms with Crippen molar-refractivity contribution in [3.63, 3.8) is 0 Å². The zero-order valence-corrected chi connectivity index (χ0v) is 11.2. The molecular weight excluding hydrogens is 247 g/mol. The summed E-state index contributed by atoms with van der Waals surface area (Å²) in [4.78, 5) is 8.19.